The number of hydrogen-bond donors (Lipinski definition) is 0. The van der Waals surface area contributed by atoms with Gasteiger partial charge in [0, 0.05) is 0 Å². The first kappa shape index (κ1) is 11.8. The van der Waals surface area contributed by atoms with Gasteiger partial charge in [0.05, 0.1) is 26.2 Å². The van der Waals surface area contributed by atoms with Gasteiger partial charge in [0.15, 0.2) is 0 Å². The van der Waals surface area contributed by atoms with Gasteiger partial charge in [0.1, 0.15) is 0 Å². The Labute approximate surface area is 92.4 Å². The van der Waals surface area contributed by atoms with E-state index in [1.165, 1.54) is 74.3 Å². The van der Waals surface area contributed by atoms with Crippen LogP contribution in [0.25, 0.3) is 5.41 Å². The molecule has 0 bridgehead atoms. The predicted molar refractivity (Wildman–Crippen MR) is 63.4 cm³/mol. The molecule has 80 valence electrons. The molecule has 0 atom stereocenters. The Kier molecular flexibility index (Phi) is 5.31. The third-order valence-electron chi connectivity index (χ3n) is 3.53. The summed E-state index contributed by atoms with van der Waals surface area (Å²) < 4.78 is 1.50. The van der Waals surface area contributed by atoms with Gasteiger partial charge < -0.3 is 9.89 Å². The van der Waals surface area contributed by atoms with Crippen molar-refractivity contribution >= 4 is 17.4 Å². The van der Waals surface area contributed by atoms with Crippen LogP contribution in [0.1, 0.15) is 38.5 Å². The zero-order valence-corrected chi connectivity index (χ0v) is 9.69. The van der Waals surface area contributed by atoms with Gasteiger partial charge in [0.25, 0.3) is 0 Å². The molecule has 2 rings (SSSR count). The number of rotatable bonds is 0. The molecule has 0 aromatic rings. The van der Waals surface area contributed by atoms with Crippen molar-refractivity contribution in [2.75, 3.05) is 26.2 Å². The maximum absolute atomic E-state index is 7.13. The Morgan fingerprint density at radius 3 is 1.36 bits per heavy atom. The van der Waals surface area contributed by atoms with Gasteiger partial charge >= 0.3 is 0 Å². The first-order chi connectivity index (χ1) is 6.83. The van der Waals surface area contributed by atoms with Crippen LogP contribution in [0.3, 0.4) is 0 Å². The van der Waals surface area contributed by atoms with Crippen LogP contribution in [0.2, 0.25) is 0 Å². The smallest absolute Gasteiger partial charge is 0.0786 e. The highest BCUT2D eigenvalue weighted by molar-refractivity contribution is 7.78. The van der Waals surface area contributed by atoms with Crippen molar-refractivity contribution in [2.45, 2.75) is 38.5 Å². The summed E-state index contributed by atoms with van der Waals surface area (Å²) in [6.07, 6.45) is 9.00. The lowest BCUT2D eigenvalue weighted by molar-refractivity contribution is -0.936. The Balaban J connectivity index is 0.000000293. The topological polar surface area (TPSA) is 22.3 Å². The lowest BCUT2D eigenvalue weighted by atomic mass is 10.0. The molecule has 2 nitrogen and oxygen atoms in total. The van der Waals surface area contributed by atoms with E-state index in [-0.39, 0.29) is 0 Å². The number of nitrogens with zero attached hydrogens (tertiary/aromatic N) is 2. The van der Waals surface area contributed by atoms with E-state index in [0.29, 0.717) is 0 Å². The van der Waals surface area contributed by atoms with Crippen molar-refractivity contribution in [2.24, 2.45) is 0 Å². The van der Waals surface area contributed by atoms with E-state index in [1.807, 2.05) is 0 Å². The van der Waals surface area contributed by atoms with Gasteiger partial charge in [-0.05, 0) is 38.5 Å². The molecule has 2 fully saturated rings. The standard InChI is InChI=1S/C10H20N.CNS/c1-3-7-11(8-4-1)9-5-2-6-10-11;2-1-3/h1-10H2;/q+1;-1. The van der Waals surface area contributed by atoms with Gasteiger partial charge in [0.2, 0.25) is 0 Å². The zero-order chi connectivity index (χ0) is 10.3. The van der Waals surface area contributed by atoms with E-state index in [1.54, 1.807) is 0 Å². The summed E-state index contributed by atoms with van der Waals surface area (Å²) in [5, 5.41) is 8.47. The van der Waals surface area contributed by atoms with Crippen LogP contribution in [0.5, 0.6) is 0 Å². The summed E-state index contributed by atoms with van der Waals surface area (Å²) in [5.74, 6) is 0. The average molecular weight is 212 g/mol. The van der Waals surface area contributed by atoms with E-state index >= 15 is 0 Å². The van der Waals surface area contributed by atoms with Gasteiger partial charge in [-0.25, -0.2) is 0 Å². The molecule has 2 aliphatic rings. The highest BCUT2D eigenvalue weighted by Gasteiger charge is 2.30. The number of piperidine rings is 2. The van der Waals surface area contributed by atoms with Gasteiger partial charge in [-0.3, -0.25) is 0 Å². The Bertz CT molecular complexity index is 166. The fourth-order valence-electron chi connectivity index (χ4n) is 2.81. The zero-order valence-electron chi connectivity index (χ0n) is 8.87. The number of quaternary nitrogens is 1. The minimum absolute atomic E-state index is 1.33. The second-order valence-electron chi connectivity index (χ2n) is 4.45. The van der Waals surface area contributed by atoms with Crippen LogP contribution in [0, 0.1) is 0 Å². The number of thiocarbonyl (C=S) groups is 1. The molecular formula is C11H20N2S. The quantitative estimate of drug-likeness (QED) is 0.344. The van der Waals surface area contributed by atoms with E-state index in [0.717, 1.165) is 0 Å². The highest BCUT2D eigenvalue weighted by Crippen LogP contribution is 2.24. The van der Waals surface area contributed by atoms with Gasteiger partial charge in [-0.15, -0.1) is 0 Å². The predicted octanol–water partition coefficient (Wildman–Crippen LogP) is 2.83. The van der Waals surface area contributed by atoms with Gasteiger partial charge in [-0.1, -0.05) is 12.2 Å². The Morgan fingerprint density at radius 1 is 0.786 bits per heavy atom. The third-order valence-corrected chi connectivity index (χ3v) is 3.53. The molecule has 3 heteroatoms. The minimum atomic E-state index is 1.33. The summed E-state index contributed by atoms with van der Waals surface area (Å²) in [4.78, 5) is 0. The SMILES string of the molecule is C1CC[N+]2(CC1)CCCCC2.[N-]=C=S. The molecule has 0 N–H and O–H groups in total. The lowest BCUT2D eigenvalue weighted by Crippen LogP contribution is -2.54. The van der Waals surface area contributed by atoms with Gasteiger partial charge in [-0.2, -0.15) is 5.16 Å². The van der Waals surface area contributed by atoms with E-state index in [9.17, 15) is 0 Å². The molecule has 0 radical (unpaired) electrons. The maximum atomic E-state index is 7.13. The Morgan fingerprint density at radius 2 is 1.07 bits per heavy atom. The molecule has 2 aliphatic heterocycles. The summed E-state index contributed by atoms with van der Waals surface area (Å²) in [7, 11) is 0. The van der Waals surface area contributed by atoms with E-state index in [4.69, 9.17) is 5.41 Å². The summed E-state index contributed by atoms with van der Waals surface area (Å²) in [5.41, 5.74) is 0. The summed E-state index contributed by atoms with van der Waals surface area (Å²) >= 11 is 3.70. The van der Waals surface area contributed by atoms with Crippen LogP contribution in [-0.2, 0) is 0 Å². The molecule has 0 unspecified atom stereocenters. The first-order valence-corrected chi connectivity index (χ1v) is 6.10. The van der Waals surface area contributed by atoms with E-state index < -0.39 is 0 Å². The average Bonchev–Trinajstić information content (AvgIpc) is 2.21. The largest absolute Gasteiger partial charge is 0.753 e. The van der Waals surface area contributed by atoms with Crippen molar-refractivity contribution in [1.29, 1.82) is 0 Å². The summed E-state index contributed by atoms with van der Waals surface area (Å²) in [6.45, 7) is 6.00. The molecule has 14 heavy (non-hydrogen) atoms. The lowest BCUT2D eigenvalue weighted by Gasteiger charge is -2.44. The van der Waals surface area contributed by atoms with Crippen LogP contribution in [0.4, 0.5) is 0 Å². The first-order valence-electron chi connectivity index (χ1n) is 5.69. The molecule has 0 aliphatic carbocycles. The monoisotopic (exact) mass is 212 g/mol. The molecular weight excluding hydrogens is 192 g/mol. The van der Waals surface area contributed by atoms with Crippen molar-refractivity contribution in [3.63, 3.8) is 0 Å². The fourth-order valence-corrected chi connectivity index (χ4v) is 2.81. The normalized spacial score (nSPS) is 24.6. The van der Waals surface area contributed by atoms with Crippen molar-refractivity contribution < 1.29 is 4.48 Å². The molecule has 0 saturated carbocycles. The van der Waals surface area contributed by atoms with Crippen LogP contribution < -0.4 is 0 Å². The fraction of sp³-hybridized carbons (Fsp3) is 0.909. The highest BCUT2D eigenvalue weighted by atomic mass is 32.1. The van der Waals surface area contributed by atoms with Crippen LogP contribution in [-0.4, -0.2) is 35.8 Å². The molecule has 2 heterocycles. The Hall–Kier alpha value is -0.240. The molecule has 0 aromatic carbocycles. The number of isothiocyanates is 1. The molecule has 0 amide bonds. The van der Waals surface area contributed by atoms with Crippen LogP contribution in [0.15, 0.2) is 0 Å². The molecule has 1 spiro atoms. The minimum Gasteiger partial charge on any atom is -0.753 e. The number of hydrogen-bond acceptors (Lipinski definition) is 1. The molecule has 0 aromatic heterocycles. The second-order valence-corrected chi connectivity index (χ2v) is 4.63. The van der Waals surface area contributed by atoms with Crippen molar-refractivity contribution in [3.8, 4) is 0 Å². The third kappa shape index (κ3) is 3.49. The molecule has 2 saturated heterocycles. The summed E-state index contributed by atoms with van der Waals surface area (Å²) in [6, 6.07) is 0. The maximum Gasteiger partial charge on any atom is 0.0786 e. The second kappa shape index (κ2) is 6.28. The van der Waals surface area contributed by atoms with E-state index in [2.05, 4.69) is 12.2 Å². The van der Waals surface area contributed by atoms with Crippen molar-refractivity contribution in [3.05, 3.63) is 5.41 Å². The van der Waals surface area contributed by atoms with Crippen molar-refractivity contribution in [1.82, 2.24) is 0 Å². The van der Waals surface area contributed by atoms with Crippen LogP contribution >= 0.6 is 12.2 Å².